The molecule has 1 amide bonds. The summed E-state index contributed by atoms with van der Waals surface area (Å²) in [4.78, 5) is 11.8. The van der Waals surface area contributed by atoms with E-state index >= 15 is 0 Å². The molecule has 0 aliphatic carbocycles. The Morgan fingerprint density at radius 2 is 1.53 bits per heavy atom. The monoisotopic (exact) mass is 267 g/mol. The molecule has 0 fully saturated rings. The number of carbonyl (C=O) groups is 1. The fraction of sp³-hybridized carbons (Fsp3) is 0.0625. The topological polar surface area (TPSA) is 29.1 Å². The number of rotatable bonds is 2. The molecule has 2 nitrogen and oxygen atoms in total. The molecule has 0 bridgehead atoms. The number of thioether (sulfide) groups is 1. The second-order valence-corrected chi connectivity index (χ2v) is 5.42. The van der Waals surface area contributed by atoms with Gasteiger partial charge in [0.1, 0.15) is 0 Å². The summed E-state index contributed by atoms with van der Waals surface area (Å²) >= 11 is 1.31. The third-order valence-corrected chi connectivity index (χ3v) is 3.98. The van der Waals surface area contributed by atoms with Crippen molar-refractivity contribution in [1.82, 2.24) is 5.32 Å². The molecular formula is C16H13NOS. The predicted molar refractivity (Wildman–Crippen MR) is 79.7 cm³/mol. The third-order valence-electron chi connectivity index (χ3n) is 3.00. The maximum Gasteiger partial charge on any atom is 0.284 e. The molecule has 3 rings (SSSR count). The van der Waals surface area contributed by atoms with Crippen molar-refractivity contribution in [3.05, 3.63) is 77.9 Å². The van der Waals surface area contributed by atoms with Crippen LogP contribution < -0.4 is 5.32 Å². The first-order chi connectivity index (χ1) is 9.33. The minimum atomic E-state index is -0.00444. The van der Waals surface area contributed by atoms with E-state index < -0.39 is 0 Å². The molecule has 1 atom stereocenters. The first-order valence-corrected chi connectivity index (χ1v) is 7.01. The lowest BCUT2D eigenvalue weighted by molar-refractivity contribution is 0.263. The smallest absolute Gasteiger partial charge is 0.284 e. The lowest BCUT2D eigenvalue weighted by Gasteiger charge is -2.21. The molecule has 0 aromatic heterocycles. The van der Waals surface area contributed by atoms with Gasteiger partial charge in [-0.3, -0.25) is 4.79 Å². The third kappa shape index (κ3) is 2.71. The highest BCUT2D eigenvalue weighted by atomic mass is 32.2. The van der Waals surface area contributed by atoms with Gasteiger partial charge in [-0.1, -0.05) is 72.4 Å². The van der Waals surface area contributed by atoms with Gasteiger partial charge in [0.25, 0.3) is 5.24 Å². The summed E-state index contributed by atoms with van der Waals surface area (Å²) in [6, 6.07) is 20.0. The summed E-state index contributed by atoms with van der Waals surface area (Å²) in [5, 5.41) is 2.99. The van der Waals surface area contributed by atoms with Crippen LogP contribution in [-0.2, 0) is 0 Å². The van der Waals surface area contributed by atoms with Crippen molar-refractivity contribution in [1.29, 1.82) is 0 Å². The van der Waals surface area contributed by atoms with E-state index in [-0.39, 0.29) is 10.5 Å². The average molecular weight is 267 g/mol. The van der Waals surface area contributed by atoms with Gasteiger partial charge < -0.3 is 5.32 Å². The normalized spacial score (nSPS) is 18.6. The zero-order chi connectivity index (χ0) is 13.1. The first-order valence-electron chi connectivity index (χ1n) is 6.13. The zero-order valence-electron chi connectivity index (χ0n) is 10.2. The molecule has 2 aromatic carbocycles. The van der Waals surface area contributed by atoms with Gasteiger partial charge >= 0.3 is 0 Å². The van der Waals surface area contributed by atoms with Gasteiger partial charge in [-0.05, 0) is 17.2 Å². The number of nitrogens with one attached hydrogen (secondary N) is 1. The predicted octanol–water partition coefficient (Wildman–Crippen LogP) is 4.23. The van der Waals surface area contributed by atoms with Crippen molar-refractivity contribution in [2.24, 2.45) is 0 Å². The molecule has 1 heterocycles. The molecular weight excluding hydrogens is 254 g/mol. The van der Waals surface area contributed by atoms with Crippen LogP contribution in [0.5, 0.6) is 0 Å². The summed E-state index contributed by atoms with van der Waals surface area (Å²) in [5.41, 5.74) is 3.08. The first kappa shape index (κ1) is 12.1. The number of amides is 1. The molecule has 0 saturated heterocycles. The van der Waals surface area contributed by atoms with E-state index in [1.165, 1.54) is 11.8 Å². The van der Waals surface area contributed by atoms with Crippen LogP contribution in [-0.4, -0.2) is 5.24 Å². The van der Waals surface area contributed by atoms with E-state index in [9.17, 15) is 4.79 Å². The summed E-state index contributed by atoms with van der Waals surface area (Å²) in [6.07, 6.45) is 2.11. The van der Waals surface area contributed by atoms with E-state index in [2.05, 4.69) is 23.5 Å². The van der Waals surface area contributed by atoms with Crippen LogP contribution in [0.1, 0.15) is 16.4 Å². The average Bonchev–Trinajstić information content (AvgIpc) is 2.48. The van der Waals surface area contributed by atoms with Gasteiger partial charge in [-0.2, -0.15) is 0 Å². The minimum Gasteiger partial charge on any atom is -0.317 e. The highest BCUT2D eigenvalue weighted by Crippen LogP contribution is 2.36. The summed E-state index contributed by atoms with van der Waals surface area (Å²) in [7, 11) is 0. The summed E-state index contributed by atoms with van der Waals surface area (Å²) in [6.45, 7) is 0. The van der Waals surface area contributed by atoms with Crippen LogP contribution in [0, 0.1) is 0 Å². The van der Waals surface area contributed by atoms with Crippen LogP contribution in [0.4, 0.5) is 4.79 Å². The van der Waals surface area contributed by atoms with Crippen LogP contribution in [0.3, 0.4) is 0 Å². The number of hydrogen-bond donors (Lipinski definition) is 1. The number of carbonyl (C=O) groups excluding carboxylic acids is 1. The van der Waals surface area contributed by atoms with Crippen molar-refractivity contribution in [2.45, 2.75) is 5.25 Å². The number of benzene rings is 2. The molecule has 19 heavy (non-hydrogen) atoms. The van der Waals surface area contributed by atoms with Crippen molar-refractivity contribution < 1.29 is 4.79 Å². The van der Waals surface area contributed by atoms with Gasteiger partial charge in [-0.15, -0.1) is 0 Å². The molecule has 2 aromatic rings. The Bertz CT molecular complexity index is 607. The van der Waals surface area contributed by atoms with Gasteiger partial charge in [0.2, 0.25) is 0 Å². The molecule has 94 valence electrons. The highest BCUT2D eigenvalue weighted by Gasteiger charge is 2.22. The Balaban J connectivity index is 1.97. The van der Waals surface area contributed by atoms with Gasteiger partial charge in [-0.25, -0.2) is 0 Å². The van der Waals surface area contributed by atoms with Crippen molar-refractivity contribution in [3.8, 4) is 0 Å². The van der Waals surface area contributed by atoms with Crippen molar-refractivity contribution in [2.75, 3.05) is 0 Å². The van der Waals surface area contributed by atoms with Crippen LogP contribution in [0.25, 0.3) is 5.70 Å². The zero-order valence-corrected chi connectivity index (χ0v) is 11.1. The van der Waals surface area contributed by atoms with E-state index in [0.29, 0.717) is 0 Å². The summed E-state index contributed by atoms with van der Waals surface area (Å²) in [5.74, 6) is 0. The van der Waals surface area contributed by atoms with E-state index in [1.54, 1.807) is 0 Å². The maximum atomic E-state index is 11.8. The van der Waals surface area contributed by atoms with Crippen molar-refractivity contribution in [3.63, 3.8) is 0 Å². The minimum absolute atomic E-state index is 0.00444. The Morgan fingerprint density at radius 1 is 0.895 bits per heavy atom. The number of hydrogen-bond acceptors (Lipinski definition) is 2. The fourth-order valence-electron chi connectivity index (χ4n) is 2.07. The molecule has 0 saturated carbocycles. The van der Waals surface area contributed by atoms with Crippen LogP contribution in [0.2, 0.25) is 0 Å². The van der Waals surface area contributed by atoms with E-state index in [0.717, 1.165) is 16.8 Å². The largest absolute Gasteiger partial charge is 0.317 e. The standard InChI is InChI=1S/C16H13NOS/c18-16-17-14(12-7-3-1-4-8-12)11-15(19-16)13-9-5-2-6-10-13/h1-11,15H,(H,17,18). The molecule has 1 N–H and O–H groups in total. The molecule has 0 spiro atoms. The molecule has 3 heteroatoms. The highest BCUT2D eigenvalue weighted by molar-refractivity contribution is 8.14. The van der Waals surface area contributed by atoms with Crippen LogP contribution >= 0.6 is 11.8 Å². The quantitative estimate of drug-likeness (QED) is 0.882. The lowest BCUT2D eigenvalue weighted by Crippen LogP contribution is -2.22. The van der Waals surface area contributed by atoms with Crippen molar-refractivity contribution >= 4 is 22.7 Å². The van der Waals surface area contributed by atoms with Gasteiger partial charge in [0.05, 0.1) is 5.25 Å². The second-order valence-electron chi connectivity index (χ2n) is 4.31. The Morgan fingerprint density at radius 3 is 2.21 bits per heavy atom. The molecule has 1 aliphatic rings. The van der Waals surface area contributed by atoms with E-state index in [1.807, 2.05) is 48.5 Å². The molecule has 1 unspecified atom stereocenters. The fourth-order valence-corrected chi connectivity index (χ4v) is 2.97. The summed E-state index contributed by atoms with van der Waals surface area (Å²) < 4.78 is 0. The lowest BCUT2D eigenvalue weighted by atomic mass is 10.1. The maximum absolute atomic E-state index is 11.8. The van der Waals surface area contributed by atoms with E-state index in [4.69, 9.17) is 0 Å². The van der Waals surface area contributed by atoms with Gasteiger partial charge in [0.15, 0.2) is 0 Å². The van der Waals surface area contributed by atoms with Gasteiger partial charge in [0, 0.05) is 5.70 Å². The SMILES string of the molecule is O=C1NC(c2ccccc2)=CC(c2ccccc2)S1. The van der Waals surface area contributed by atoms with Crippen LogP contribution in [0.15, 0.2) is 66.7 Å². The molecule has 0 radical (unpaired) electrons. The Hall–Kier alpha value is -2.00. The Labute approximate surface area is 116 Å². The second kappa shape index (κ2) is 5.33. The Kier molecular flexibility index (Phi) is 3.38. The molecule has 1 aliphatic heterocycles.